The van der Waals surface area contributed by atoms with Gasteiger partial charge in [0.25, 0.3) is 0 Å². The number of benzene rings is 1. The normalized spacial score (nSPS) is 9.31. The molecule has 3 nitrogen and oxygen atoms in total. The number of thiocarbonyl (C=S) groups is 1. The topological polar surface area (TPSA) is 47.8 Å². The third-order valence-corrected chi connectivity index (χ3v) is 2.44. The molecule has 1 aromatic rings. The number of nitriles is 1. The standard InChI is InChI=1S/C11H12ClN3S/c1-2-5-14-11(16)15-10-4-3-8(7-13)6-9(10)12/h3-4,6H,2,5H2,1H3,(H2,14,15,16). The van der Waals surface area contributed by atoms with Crippen LogP contribution in [0.5, 0.6) is 0 Å². The van der Waals surface area contributed by atoms with Crippen molar-refractivity contribution in [3.8, 4) is 6.07 Å². The van der Waals surface area contributed by atoms with E-state index in [1.165, 1.54) is 0 Å². The summed E-state index contributed by atoms with van der Waals surface area (Å²) < 4.78 is 0. The smallest absolute Gasteiger partial charge is 0.170 e. The molecule has 0 aliphatic heterocycles. The van der Waals surface area contributed by atoms with Crippen LogP contribution in [0.1, 0.15) is 18.9 Å². The quantitative estimate of drug-likeness (QED) is 0.814. The Kier molecular flexibility index (Phi) is 5.03. The fourth-order valence-electron chi connectivity index (χ4n) is 1.09. The van der Waals surface area contributed by atoms with Crippen LogP contribution in [-0.4, -0.2) is 11.7 Å². The summed E-state index contributed by atoms with van der Waals surface area (Å²) in [5.74, 6) is 0. The van der Waals surface area contributed by atoms with Gasteiger partial charge in [-0.2, -0.15) is 5.26 Å². The van der Waals surface area contributed by atoms with Crippen molar-refractivity contribution < 1.29 is 0 Å². The van der Waals surface area contributed by atoms with Gasteiger partial charge in [0.1, 0.15) is 0 Å². The molecule has 2 N–H and O–H groups in total. The van der Waals surface area contributed by atoms with E-state index in [4.69, 9.17) is 29.1 Å². The van der Waals surface area contributed by atoms with Crippen LogP contribution >= 0.6 is 23.8 Å². The Bertz CT molecular complexity index is 426. The van der Waals surface area contributed by atoms with Crippen LogP contribution in [0.25, 0.3) is 0 Å². The van der Waals surface area contributed by atoms with E-state index in [0.717, 1.165) is 13.0 Å². The monoisotopic (exact) mass is 253 g/mol. The molecular weight excluding hydrogens is 242 g/mol. The zero-order chi connectivity index (χ0) is 12.0. The van der Waals surface area contributed by atoms with Crippen LogP contribution in [0.15, 0.2) is 18.2 Å². The lowest BCUT2D eigenvalue weighted by Gasteiger charge is -2.10. The van der Waals surface area contributed by atoms with Crippen LogP contribution in [-0.2, 0) is 0 Å². The highest BCUT2D eigenvalue weighted by atomic mass is 35.5. The predicted molar refractivity (Wildman–Crippen MR) is 70.7 cm³/mol. The molecule has 84 valence electrons. The van der Waals surface area contributed by atoms with Gasteiger partial charge < -0.3 is 10.6 Å². The molecule has 0 atom stereocenters. The van der Waals surface area contributed by atoms with Crippen LogP contribution < -0.4 is 10.6 Å². The lowest BCUT2D eigenvalue weighted by Crippen LogP contribution is -2.28. The van der Waals surface area contributed by atoms with Crippen molar-refractivity contribution in [3.05, 3.63) is 28.8 Å². The summed E-state index contributed by atoms with van der Waals surface area (Å²) in [5, 5.41) is 15.7. The first-order chi connectivity index (χ1) is 7.67. The summed E-state index contributed by atoms with van der Waals surface area (Å²) in [6.45, 7) is 2.88. The fraction of sp³-hybridized carbons (Fsp3) is 0.273. The molecule has 0 amide bonds. The second kappa shape index (κ2) is 6.31. The molecule has 16 heavy (non-hydrogen) atoms. The predicted octanol–water partition coefficient (Wildman–Crippen LogP) is 2.91. The molecule has 0 unspecified atom stereocenters. The van der Waals surface area contributed by atoms with Crippen LogP contribution in [0.2, 0.25) is 5.02 Å². The van der Waals surface area contributed by atoms with Gasteiger partial charge in [-0.3, -0.25) is 0 Å². The first-order valence-corrected chi connectivity index (χ1v) is 5.70. The average Bonchev–Trinajstić information content (AvgIpc) is 2.29. The lowest BCUT2D eigenvalue weighted by molar-refractivity contribution is 0.846. The van der Waals surface area contributed by atoms with Crippen molar-refractivity contribution >= 4 is 34.6 Å². The Morgan fingerprint density at radius 1 is 1.56 bits per heavy atom. The summed E-state index contributed by atoms with van der Waals surface area (Å²) >= 11 is 11.1. The van der Waals surface area contributed by atoms with E-state index in [1.807, 2.05) is 6.07 Å². The number of nitrogens with zero attached hydrogens (tertiary/aromatic N) is 1. The third-order valence-electron chi connectivity index (χ3n) is 1.88. The zero-order valence-electron chi connectivity index (χ0n) is 8.88. The maximum absolute atomic E-state index is 8.68. The Balaban J connectivity index is 2.68. The first kappa shape index (κ1) is 12.8. The summed E-state index contributed by atoms with van der Waals surface area (Å²) in [7, 11) is 0. The fourth-order valence-corrected chi connectivity index (χ4v) is 1.53. The number of hydrogen-bond acceptors (Lipinski definition) is 2. The average molecular weight is 254 g/mol. The number of halogens is 1. The molecule has 1 rings (SSSR count). The van der Waals surface area contributed by atoms with E-state index in [-0.39, 0.29) is 0 Å². The van der Waals surface area contributed by atoms with Gasteiger partial charge in [0.05, 0.1) is 22.3 Å². The van der Waals surface area contributed by atoms with E-state index in [0.29, 0.717) is 21.4 Å². The van der Waals surface area contributed by atoms with Gasteiger partial charge in [0.15, 0.2) is 5.11 Å². The molecule has 0 spiro atoms. The first-order valence-electron chi connectivity index (χ1n) is 4.92. The van der Waals surface area contributed by atoms with Gasteiger partial charge in [-0.05, 0) is 36.8 Å². The summed E-state index contributed by atoms with van der Waals surface area (Å²) in [5.41, 5.74) is 1.23. The zero-order valence-corrected chi connectivity index (χ0v) is 10.5. The largest absolute Gasteiger partial charge is 0.362 e. The minimum absolute atomic E-state index is 0.486. The third kappa shape index (κ3) is 3.69. The molecule has 0 aromatic heterocycles. The minimum Gasteiger partial charge on any atom is -0.362 e. The second-order valence-corrected chi connectivity index (χ2v) is 4.00. The molecule has 0 radical (unpaired) electrons. The molecule has 0 saturated carbocycles. The lowest BCUT2D eigenvalue weighted by atomic mass is 10.2. The number of nitrogens with one attached hydrogen (secondary N) is 2. The van der Waals surface area contributed by atoms with E-state index >= 15 is 0 Å². The minimum atomic E-state index is 0.486. The van der Waals surface area contributed by atoms with Gasteiger partial charge in [0, 0.05) is 6.54 Å². The van der Waals surface area contributed by atoms with Gasteiger partial charge in [-0.25, -0.2) is 0 Å². The van der Waals surface area contributed by atoms with Crippen molar-refractivity contribution in [2.24, 2.45) is 0 Å². The molecular formula is C11H12ClN3S. The van der Waals surface area contributed by atoms with Crippen LogP contribution in [0, 0.1) is 11.3 Å². The second-order valence-electron chi connectivity index (χ2n) is 3.19. The van der Waals surface area contributed by atoms with Gasteiger partial charge in [-0.1, -0.05) is 18.5 Å². The Morgan fingerprint density at radius 3 is 2.88 bits per heavy atom. The molecule has 5 heteroatoms. The summed E-state index contributed by atoms with van der Waals surface area (Å²) in [6, 6.07) is 7.05. The highest BCUT2D eigenvalue weighted by Crippen LogP contribution is 2.22. The van der Waals surface area contributed by atoms with Crippen molar-refractivity contribution in [2.75, 3.05) is 11.9 Å². The van der Waals surface area contributed by atoms with Gasteiger partial charge in [0.2, 0.25) is 0 Å². The molecule has 0 heterocycles. The van der Waals surface area contributed by atoms with Gasteiger partial charge in [-0.15, -0.1) is 0 Å². The van der Waals surface area contributed by atoms with Crippen molar-refractivity contribution in [1.29, 1.82) is 5.26 Å². The van der Waals surface area contributed by atoms with Crippen molar-refractivity contribution in [1.82, 2.24) is 5.32 Å². The molecule has 0 saturated heterocycles. The maximum atomic E-state index is 8.68. The van der Waals surface area contributed by atoms with E-state index in [9.17, 15) is 0 Å². The van der Waals surface area contributed by atoms with E-state index < -0.39 is 0 Å². The van der Waals surface area contributed by atoms with Crippen molar-refractivity contribution in [2.45, 2.75) is 13.3 Å². The Hall–Kier alpha value is -1.31. The summed E-state index contributed by atoms with van der Waals surface area (Å²) in [6.07, 6.45) is 1.00. The maximum Gasteiger partial charge on any atom is 0.170 e. The molecule has 0 fully saturated rings. The SMILES string of the molecule is CCCNC(=S)Nc1ccc(C#N)cc1Cl. The number of rotatable bonds is 3. The molecule has 0 bridgehead atoms. The van der Waals surface area contributed by atoms with E-state index in [1.54, 1.807) is 18.2 Å². The number of hydrogen-bond donors (Lipinski definition) is 2. The number of anilines is 1. The van der Waals surface area contributed by atoms with E-state index in [2.05, 4.69) is 17.6 Å². The molecule has 0 aliphatic carbocycles. The van der Waals surface area contributed by atoms with Crippen molar-refractivity contribution in [3.63, 3.8) is 0 Å². The Labute approximate surface area is 105 Å². The summed E-state index contributed by atoms with van der Waals surface area (Å²) in [4.78, 5) is 0. The Morgan fingerprint density at radius 2 is 2.31 bits per heavy atom. The molecule has 0 aliphatic rings. The van der Waals surface area contributed by atoms with Crippen LogP contribution in [0.4, 0.5) is 5.69 Å². The highest BCUT2D eigenvalue weighted by molar-refractivity contribution is 7.80. The van der Waals surface area contributed by atoms with Crippen LogP contribution in [0.3, 0.4) is 0 Å². The molecule has 1 aromatic carbocycles. The van der Waals surface area contributed by atoms with Gasteiger partial charge >= 0.3 is 0 Å². The highest BCUT2D eigenvalue weighted by Gasteiger charge is 2.03.